The Morgan fingerprint density at radius 3 is 2.10 bits per heavy atom. The number of hydrogen-bond acceptors (Lipinski definition) is 6. The van der Waals surface area contributed by atoms with Gasteiger partial charge in [-0.3, -0.25) is 0 Å². The van der Waals surface area contributed by atoms with Gasteiger partial charge in [-0.05, 0) is 65.9 Å². The van der Waals surface area contributed by atoms with Gasteiger partial charge in [-0.1, -0.05) is 11.2 Å². The lowest BCUT2D eigenvalue weighted by molar-refractivity contribution is -0.143. The normalized spacial score (nSPS) is 16.2. The molecule has 3 aromatic rings. The summed E-state index contributed by atoms with van der Waals surface area (Å²) in [7, 11) is 1.40. The first-order chi connectivity index (χ1) is 19.0. The van der Waals surface area contributed by atoms with Crippen molar-refractivity contribution in [1.82, 2.24) is 20.2 Å². The fourth-order valence-corrected chi connectivity index (χ4v) is 4.91. The number of halogens is 9. The summed E-state index contributed by atoms with van der Waals surface area (Å²) in [5.74, 6) is -0.152. The lowest BCUT2D eigenvalue weighted by atomic mass is 9.94. The number of benzene rings is 2. The molecule has 0 N–H and O–H groups in total. The van der Waals surface area contributed by atoms with Crippen molar-refractivity contribution in [2.45, 2.75) is 50.9 Å². The Labute approximate surface area is 227 Å². The highest BCUT2D eigenvalue weighted by molar-refractivity contribution is 5.62. The van der Waals surface area contributed by atoms with E-state index >= 15 is 0 Å². The molecular formula is C25H22F9N7. The Bertz CT molecular complexity index is 1420. The highest BCUT2D eigenvalue weighted by Crippen LogP contribution is 2.44. The van der Waals surface area contributed by atoms with Crippen LogP contribution in [0.5, 0.6) is 0 Å². The van der Waals surface area contributed by atoms with Gasteiger partial charge in [0.1, 0.15) is 6.54 Å². The summed E-state index contributed by atoms with van der Waals surface area (Å²) < 4.78 is 123. The van der Waals surface area contributed by atoms with Crippen LogP contribution in [0.15, 0.2) is 30.3 Å². The molecule has 0 amide bonds. The number of aryl methyl sites for hydroxylation is 2. The monoisotopic (exact) mass is 591 g/mol. The third kappa shape index (κ3) is 6.49. The van der Waals surface area contributed by atoms with Crippen LogP contribution in [0.2, 0.25) is 0 Å². The molecule has 0 radical (unpaired) electrons. The number of fused-ring (bicyclic) bond motifs is 1. The van der Waals surface area contributed by atoms with Crippen LogP contribution >= 0.6 is 0 Å². The molecular weight excluding hydrogens is 569 g/mol. The van der Waals surface area contributed by atoms with Crippen molar-refractivity contribution in [2.75, 3.05) is 22.9 Å². The molecule has 0 saturated heterocycles. The molecule has 220 valence electrons. The number of alkyl halides is 9. The van der Waals surface area contributed by atoms with Crippen molar-refractivity contribution >= 4 is 11.6 Å². The van der Waals surface area contributed by atoms with Crippen LogP contribution in [-0.4, -0.2) is 33.3 Å². The summed E-state index contributed by atoms with van der Waals surface area (Å²) >= 11 is 0. The molecule has 7 nitrogen and oxygen atoms in total. The molecule has 0 spiro atoms. The number of anilines is 2. The standard InChI is InChI=1S/C25H22F9N7/c1-14-8-18-20(4-3-6-40(7-5-35)21(18)12-19(14)25(32,33)34)41(22-36-38-39(2)37-22)13-15-9-16(23(26,27)28)11-17(10-15)24(29,30)31/h8-12,20H,3-4,6-7,13H2,1-2H3/t20-/m0/s1. The van der Waals surface area contributed by atoms with E-state index in [1.807, 2.05) is 6.07 Å². The molecule has 1 aliphatic heterocycles. The van der Waals surface area contributed by atoms with Crippen molar-refractivity contribution in [1.29, 1.82) is 5.26 Å². The maximum Gasteiger partial charge on any atom is 0.416 e. The highest BCUT2D eigenvalue weighted by atomic mass is 19.4. The third-order valence-corrected chi connectivity index (χ3v) is 6.68. The Hall–Kier alpha value is -4.03. The van der Waals surface area contributed by atoms with E-state index in [-0.39, 0.29) is 48.3 Å². The van der Waals surface area contributed by atoms with E-state index in [4.69, 9.17) is 0 Å². The summed E-state index contributed by atoms with van der Waals surface area (Å²) in [6.45, 7) is 0.626. The van der Waals surface area contributed by atoms with Crippen molar-refractivity contribution in [2.24, 2.45) is 7.05 Å². The molecule has 16 heteroatoms. The SMILES string of the molecule is Cc1cc2c(cc1C(F)(F)F)N(CC#N)CCC[C@@H]2N(Cc1cc(C(F)(F)F)cc(C(F)(F)F)c1)c1nnn(C)n1. The summed E-state index contributed by atoms with van der Waals surface area (Å²) in [5.41, 5.74) is -4.12. The van der Waals surface area contributed by atoms with E-state index in [1.165, 1.54) is 29.8 Å². The second kappa shape index (κ2) is 10.7. The predicted octanol–water partition coefficient (Wildman–Crippen LogP) is 6.45. The van der Waals surface area contributed by atoms with Gasteiger partial charge in [0.15, 0.2) is 0 Å². The van der Waals surface area contributed by atoms with Crippen LogP contribution in [0, 0.1) is 18.3 Å². The summed E-state index contributed by atoms with van der Waals surface area (Å²) in [4.78, 5) is 3.82. The van der Waals surface area contributed by atoms with E-state index in [0.717, 1.165) is 10.9 Å². The molecule has 0 aliphatic carbocycles. The first-order valence-corrected chi connectivity index (χ1v) is 12.1. The lowest BCUT2D eigenvalue weighted by Crippen LogP contribution is -2.30. The maximum absolute atomic E-state index is 13.8. The quantitative estimate of drug-likeness (QED) is 0.251. The zero-order valence-electron chi connectivity index (χ0n) is 21.5. The average molecular weight is 591 g/mol. The Morgan fingerprint density at radius 2 is 1.59 bits per heavy atom. The molecule has 1 aliphatic rings. The maximum atomic E-state index is 13.8. The largest absolute Gasteiger partial charge is 0.416 e. The van der Waals surface area contributed by atoms with E-state index in [9.17, 15) is 44.8 Å². The first-order valence-electron chi connectivity index (χ1n) is 12.1. The van der Waals surface area contributed by atoms with Gasteiger partial charge in [0.25, 0.3) is 5.95 Å². The molecule has 41 heavy (non-hydrogen) atoms. The molecule has 0 saturated carbocycles. The summed E-state index contributed by atoms with van der Waals surface area (Å²) in [6.07, 6.45) is -14.3. The van der Waals surface area contributed by atoms with Crippen molar-refractivity contribution in [3.63, 3.8) is 0 Å². The number of hydrogen-bond donors (Lipinski definition) is 0. The van der Waals surface area contributed by atoms with E-state index in [0.29, 0.717) is 24.1 Å². The number of tetrazole rings is 1. The highest BCUT2D eigenvalue weighted by Gasteiger charge is 2.39. The second-order valence-electron chi connectivity index (χ2n) is 9.58. The van der Waals surface area contributed by atoms with Crippen LogP contribution in [0.4, 0.5) is 51.1 Å². The van der Waals surface area contributed by atoms with Crippen molar-refractivity contribution in [3.8, 4) is 6.07 Å². The Balaban J connectivity index is 1.91. The molecule has 2 aromatic carbocycles. The van der Waals surface area contributed by atoms with Crippen LogP contribution < -0.4 is 9.80 Å². The summed E-state index contributed by atoms with van der Waals surface area (Å²) in [6, 6.07) is 4.39. The van der Waals surface area contributed by atoms with Crippen LogP contribution in [0.25, 0.3) is 0 Å². The molecule has 0 bridgehead atoms. The van der Waals surface area contributed by atoms with Crippen molar-refractivity contribution in [3.05, 3.63) is 63.7 Å². The Morgan fingerprint density at radius 1 is 0.951 bits per heavy atom. The predicted molar refractivity (Wildman–Crippen MR) is 127 cm³/mol. The number of nitriles is 1. The average Bonchev–Trinajstić information content (AvgIpc) is 3.21. The second-order valence-corrected chi connectivity index (χ2v) is 9.58. The van der Waals surface area contributed by atoms with Crippen LogP contribution in [0.3, 0.4) is 0 Å². The fourth-order valence-electron chi connectivity index (χ4n) is 4.91. The smallest absolute Gasteiger partial charge is 0.358 e. The molecule has 1 atom stereocenters. The fraction of sp³-hybridized carbons (Fsp3) is 0.440. The minimum Gasteiger partial charge on any atom is -0.358 e. The lowest BCUT2D eigenvalue weighted by Gasteiger charge is -2.33. The van der Waals surface area contributed by atoms with E-state index in [2.05, 4.69) is 15.4 Å². The number of nitrogens with zero attached hydrogens (tertiary/aromatic N) is 7. The van der Waals surface area contributed by atoms with Gasteiger partial charge in [-0.15, -0.1) is 5.10 Å². The van der Waals surface area contributed by atoms with E-state index in [1.54, 1.807) is 0 Å². The third-order valence-electron chi connectivity index (χ3n) is 6.68. The number of aromatic nitrogens is 4. The van der Waals surface area contributed by atoms with Gasteiger partial charge in [0.05, 0.1) is 35.8 Å². The molecule has 0 unspecified atom stereocenters. The zero-order valence-corrected chi connectivity index (χ0v) is 21.5. The van der Waals surface area contributed by atoms with Crippen molar-refractivity contribution < 1.29 is 39.5 Å². The van der Waals surface area contributed by atoms with Crippen LogP contribution in [0.1, 0.15) is 52.3 Å². The molecule has 1 aromatic heterocycles. The van der Waals surface area contributed by atoms with Gasteiger partial charge in [-0.2, -0.15) is 49.6 Å². The molecule has 0 fully saturated rings. The van der Waals surface area contributed by atoms with Gasteiger partial charge in [0.2, 0.25) is 0 Å². The topological polar surface area (TPSA) is 73.9 Å². The van der Waals surface area contributed by atoms with Crippen LogP contribution in [-0.2, 0) is 32.1 Å². The zero-order chi connectivity index (χ0) is 30.3. The molecule has 4 rings (SSSR count). The minimum atomic E-state index is -5.08. The first kappa shape index (κ1) is 29.9. The number of rotatable bonds is 5. The molecule has 2 heterocycles. The summed E-state index contributed by atoms with van der Waals surface area (Å²) in [5, 5.41) is 21.0. The van der Waals surface area contributed by atoms with E-state index < -0.39 is 47.8 Å². The Kier molecular flexibility index (Phi) is 7.85. The van der Waals surface area contributed by atoms with Gasteiger partial charge in [-0.25, -0.2) is 0 Å². The van der Waals surface area contributed by atoms with Gasteiger partial charge < -0.3 is 9.80 Å². The van der Waals surface area contributed by atoms with Gasteiger partial charge >= 0.3 is 18.5 Å². The van der Waals surface area contributed by atoms with Gasteiger partial charge in [0, 0.05) is 18.8 Å². The minimum absolute atomic E-state index is 0.0111.